The van der Waals surface area contributed by atoms with Gasteiger partial charge in [-0.3, -0.25) is 9.36 Å². The van der Waals surface area contributed by atoms with Crippen LogP contribution in [0, 0.1) is 18.3 Å². The number of rotatable bonds is 0. The summed E-state index contributed by atoms with van der Waals surface area (Å²) in [6.07, 6.45) is -0.0309. The van der Waals surface area contributed by atoms with Crippen LogP contribution in [0.3, 0.4) is 0 Å². The molecular formula is C10H10N2O2. The molecule has 0 spiro atoms. The molecule has 0 amide bonds. The Morgan fingerprint density at radius 3 is 3.07 bits per heavy atom. The highest BCUT2D eigenvalue weighted by molar-refractivity contribution is 5.45. The standard InChI is InChI=1S/C10H10N2O2/c1-6-3-9(13)12-5-7(2)14-10(12)8(6)4-11/h3,7H,5H2,1-2H3/t7-/m1/s1. The summed E-state index contributed by atoms with van der Waals surface area (Å²) in [5.41, 5.74) is 1.05. The molecule has 0 aliphatic carbocycles. The van der Waals surface area contributed by atoms with Gasteiger partial charge in [0.15, 0.2) is 0 Å². The van der Waals surface area contributed by atoms with Crippen molar-refractivity contribution in [2.24, 2.45) is 0 Å². The lowest BCUT2D eigenvalue weighted by Gasteiger charge is -2.05. The number of nitrogens with zero attached hydrogens (tertiary/aromatic N) is 2. The highest BCUT2D eigenvalue weighted by atomic mass is 16.5. The molecule has 14 heavy (non-hydrogen) atoms. The summed E-state index contributed by atoms with van der Waals surface area (Å²) >= 11 is 0. The van der Waals surface area contributed by atoms with E-state index in [2.05, 4.69) is 6.07 Å². The van der Waals surface area contributed by atoms with Crippen LogP contribution in [0.25, 0.3) is 0 Å². The Kier molecular flexibility index (Phi) is 1.81. The molecule has 4 nitrogen and oxygen atoms in total. The molecule has 2 rings (SSSR count). The first-order valence-electron chi connectivity index (χ1n) is 4.44. The van der Waals surface area contributed by atoms with Crippen LogP contribution in [-0.2, 0) is 6.54 Å². The van der Waals surface area contributed by atoms with Crippen molar-refractivity contribution in [3.8, 4) is 11.9 Å². The maximum Gasteiger partial charge on any atom is 0.253 e. The second kappa shape index (κ2) is 2.88. The van der Waals surface area contributed by atoms with E-state index in [1.54, 1.807) is 6.92 Å². The number of hydrogen-bond donors (Lipinski definition) is 0. The molecule has 72 valence electrons. The number of hydrogen-bond acceptors (Lipinski definition) is 3. The molecule has 0 fully saturated rings. The maximum absolute atomic E-state index is 11.5. The first kappa shape index (κ1) is 8.82. The predicted octanol–water partition coefficient (Wildman–Crippen LogP) is 0.809. The van der Waals surface area contributed by atoms with Crippen LogP contribution in [-0.4, -0.2) is 10.7 Å². The fourth-order valence-corrected chi connectivity index (χ4v) is 1.66. The van der Waals surface area contributed by atoms with Gasteiger partial charge in [0.1, 0.15) is 17.7 Å². The fourth-order valence-electron chi connectivity index (χ4n) is 1.66. The van der Waals surface area contributed by atoms with E-state index in [0.29, 0.717) is 23.6 Å². The van der Waals surface area contributed by atoms with Gasteiger partial charge in [-0.2, -0.15) is 5.26 Å². The molecule has 0 radical (unpaired) electrons. The van der Waals surface area contributed by atoms with Crippen LogP contribution in [0.15, 0.2) is 10.9 Å². The lowest BCUT2D eigenvalue weighted by molar-refractivity contribution is 0.253. The highest BCUT2D eigenvalue weighted by Crippen LogP contribution is 2.25. The van der Waals surface area contributed by atoms with E-state index in [4.69, 9.17) is 10.00 Å². The Bertz CT molecular complexity index is 482. The maximum atomic E-state index is 11.5. The zero-order chi connectivity index (χ0) is 10.3. The molecule has 4 heteroatoms. The van der Waals surface area contributed by atoms with Gasteiger partial charge < -0.3 is 4.74 Å². The number of ether oxygens (including phenoxy) is 1. The van der Waals surface area contributed by atoms with E-state index in [1.165, 1.54) is 10.6 Å². The number of aryl methyl sites for hydroxylation is 1. The average molecular weight is 190 g/mol. The Morgan fingerprint density at radius 2 is 2.43 bits per heavy atom. The van der Waals surface area contributed by atoms with Crippen molar-refractivity contribution in [2.45, 2.75) is 26.5 Å². The second-order valence-electron chi connectivity index (χ2n) is 3.50. The van der Waals surface area contributed by atoms with Crippen LogP contribution in [0.5, 0.6) is 5.88 Å². The van der Waals surface area contributed by atoms with E-state index in [-0.39, 0.29) is 11.7 Å². The Hall–Kier alpha value is -1.76. The van der Waals surface area contributed by atoms with E-state index < -0.39 is 0 Å². The van der Waals surface area contributed by atoms with Crippen molar-refractivity contribution in [1.29, 1.82) is 5.26 Å². The summed E-state index contributed by atoms with van der Waals surface area (Å²) in [5.74, 6) is 0.421. The van der Waals surface area contributed by atoms with Crippen LogP contribution in [0.2, 0.25) is 0 Å². The van der Waals surface area contributed by atoms with Gasteiger partial charge in [-0.25, -0.2) is 0 Å². The van der Waals surface area contributed by atoms with Crippen LogP contribution < -0.4 is 10.3 Å². The first-order chi connectivity index (χ1) is 6.63. The zero-order valence-corrected chi connectivity index (χ0v) is 8.07. The molecule has 1 aliphatic rings. The second-order valence-corrected chi connectivity index (χ2v) is 3.50. The molecule has 0 unspecified atom stereocenters. The van der Waals surface area contributed by atoms with Gasteiger partial charge in [-0.1, -0.05) is 0 Å². The van der Waals surface area contributed by atoms with Crippen molar-refractivity contribution in [3.63, 3.8) is 0 Å². The monoisotopic (exact) mass is 190 g/mol. The molecule has 0 saturated carbocycles. The smallest absolute Gasteiger partial charge is 0.253 e. The summed E-state index contributed by atoms with van der Waals surface area (Å²) in [6.45, 7) is 4.15. The van der Waals surface area contributed by atoms with Crippen LogP contribution in [0.1, 0.15) is 18.1 Å². The highest BCUT2D eigenvalue weighted by Gasteiger charge is 2.24. The third-order valence-electron chi connectivity index (χ3n) is 2.32. The SMILES string of the molecule is Cc1cc(=O)n2c(c1C#N)O[C@H](C)C2. The van der Waals surface area contributed by atoms with E-state index in [9.17, 15) is 4.79 Å². The van der Waals surface area contributed by atoms with Gasteiger partial charge in [-0.15, -0.1) is 0 Å². The Morgan fingerprint density at radius 1 is 1.71 bits per heavy atom. The molecule has 0 bridgehead atoms. The van der Waals surface area contributed by atoms with Crippen molar-refractivity contribution >= 4 is 0 Å². The van der Waals surface area contributed by atoms with E-state index in [0.717, 1.165) is 0 Å². The number of pyridine rings is 1. The van der Waals surface area contributed by atoms with E-state index >= 15 is 0 Å². The Balaban J connectivity index is 2.74. The first-order valence-corrected chi connectivity index (χ1v) is 4.44. The van der Waals surface area contributed by atoms with Crippen molar-refractivity contribution in [2.75, 3.05) is 0 Å². The van der Waals surface area contributed by atoms with Gasteiger partial charge in [0.2, 0.25) is 5.88 Å². The molecule has 0 aromatic carbocycles. The largest absolute Gasteiger partial charge is 0.473 e. The lowest BCUT2D eigenvalue weighted by Crippen LogP contribution is -2.18. The van der Waals surface area contributed by atoms with Gasteiger partial charge in [0, 0.05) is 6.07 Å². The van der Waals surface area contributed by atoms with Crippen LogP contribution in [0.4, 0.5) is 0 Å². The summed E-state index contributed by atoms with van der Waals surface area (Å²) in [7, 11) is 0. The molecule has 0 saturated heterocycles. The summed E-state index contributed by atoms with van der Waals surface area (Å²) in [4.78, 5) is 11.5. The molecule has 1 aromatic rings. The minimum absolute atomic E-state index is 0.0309. The minimum Gasteiger partial charge on any atom is -0.473 e. The minimum atomic E-state index is -0.0964. The van der Waals surface area contributed by atoms with Crippen molar-refractivity contribution in [3.05, 3.63) is 27.5 Å². The molecule has 1 aromatic heterocycles. The fraction of sp³-hybridized carbons (Fsp3) is 0.400. The summed E-state index contributed by atoms with van der Waals surface area (Å²) < 4.78 is 6.94. The third-order valence-corrected chi connectivity index (χ3v) is 2.32. The van der Waals surface area contributed by atoms with Gasteiger partial charge in [-0.05, 0) is 19.4 Å². The average Bonchev–Trinajstić information content (AvgIpc) is 2.48. The van der Waals surface area contributed by atoms with Crippen LogP contribution >= 0.6 is 0 Å². The lowest BCUT2D eigenvalue weighted by atomic mass is 10.2. The molecular weight excluding hydrogens is 180 g/mol. The van der Waals surface area contributed by atoms with Crippen molar-refractivity contribution in [1.82, 2.24) is 4.57 Å². The molecule has 0 N–H and O–H groups in total. The predicted molar refractivity (Wildman–Crippen MR) is 50.2 cm³/mol. The molecule has 1 aliphatic heterocycles. The summed E-state index contributed by atoms with van der Waals surface area (Å²) in [6, 6.07) is 3.53. The summed E-state index contributed by atoms with van der Waals surface area (Å²) in [5, 5.41) is 8.91. The third kappa shape index (κ3) is 1.10. The molecule has 2 heterocycles. The Labute approximate surface area is 81.3 Å². The quantitative estimate of drug-likeness (QED) is 0.608. The van der Waals surface area contributed by atoms with Gasteiger partial charge in [0.05, 0.1) is 6.54 Å². The normalized spacial score (nSPS) is 18.5. The van der Waals surface area contributed by atoms with Gasteiger partial charge >= 0.3 is 0 Å². The topological polar surface area (TPSA) is 55.0 Å². The van der Waals surface area contributed by atoms with Crippen molar-refractivity contribution < 1.29 is 4.74 Å². The number of aromatic nitrogens is 1. The van der Waals surface area contributed by atoms with E-state index in [1.807, 2.05) is 6.92 Å². The molecule has 1 atom stereocenters. The zero-order valence-electron chi connectivity index (χ0n) is 8.07. The number of nitriles is 1. The van der Waals surface area contributed by atoms with Gasteiger partial charge in [0.25, 0.3) is 5.56 Å². The number of fused-ring (bicyclic) bond motifs is 1.